The third kappa shape index (κ3) is 12.5. The fourth-order valence-electron chi connectivity index (χ4n) is 19.9. The van der Waals surface area contributed by atoms with Gasteiger partial charge in [-0.15, -0.1) is 0 Å². The Kier molecular flexibility index (Phi) is 19.5. The highest BCUT2D eigenvalue weighted by Crippen LogP contribution is 2.69. The molecule has 8 aliphatic carbocycles. The summed E-state index contributed by atoms with van der Waals surface area (Å²) in [6.07, 6.45) is 47.2. The lowest BCUT2D eigenvalue weighted by Gasteiger charge is -2.58. The van der Waals surface area contributed by atoms with Gasteiger partial charge in [0.25, 0.3) is 0 Å². The minimum Gasteiger partial charge on any atom is -0.462 e. The maximum absolute atomic E-state index is 13.0. The van der Waals surface area contributed by atoms with Crippen LogP contribution in [0.4, 0.5) is 0 Å². The van der Waals surface area contributed by atoms with Crippen molar-refractivity contribution < 1.29 is 19.1 Å². The second kappa shape index (κ2) is 24.8. The maximum atomic E-state index is 13.0. The number of ether oxygens (including phenoxy) is 2. The first kappa shape index (κ1) is 56.6. The van der Waals surface area contributed by atoms with Gasteiger partial charge in [0, 0.05) is 25.7 Å². The Morgan fingerprint density at radius 1 is 0.458 bits per heavy atom. The number of esters is 2. The van der Waals surface area contributed by atoms with Crippen molar-refractivity contribution in [1.82, 2.24) is 0 Å². The van der Waals surface area contributed by atoms with E-state index in [0.717, 1.165) is 122 Å². The molecule has 0 saturated heterocycles. The van der Waals surface area contributed by atoms with Crippen molar-refractivity contribution >= 4 is 11.9 Å². The molecule has 410 valence electrons. The lowest BCUT2D eigenvalue weighted by Crippen LogP contribution is -2.51. The molecule has 0 unspecified atom stereocenters. The summed E-state index contributed by atoms with van der Waals surface area (Å²) in [4.78, 5) is 26.1. The third-order valence-corrected chi connectivity index (χ3v) is 24.1. The zero-order valence-electron chi connectivity index (χ0n) is 48.9. The Morgan fingerprint density at radius 2 is 0.833 bits per heavy atom. The summed E-state index contributed by atoms with van der Waals surface area (Å²) >= 11 is 0. The van der Waals surface area contributed by atoms with Gasteiger partial charge in [-0.25, -0.2) is 0 Å². The van der Waals surface area contributed by atoms with Crippen LogP contribution in [0.1, 0.15) is 288 Å². The van der Waals surface area contributed by atoms with Crippen molar-refractivity contribution in [3.8, 4) is 0 Å². The molecule has 0 N–H and O–H groups in total. The van der Waals surface area contributed by atoms with Gasteiger partial charge in [0.1, 0.15) is 12.2 Å². The van der Waals surface area contributed by atoms with E-state index in [9.17, 15) is 9.59 Å². The first-order valence-electron chi connectivity index (χ1n) is 32.2. The molecular weight excluding hydrogens is 881 g/mol. The Bertz CT molecular complexity index is 1690. The number of carbonyl (C=O) groups is 2. The first-order valence-corrected chi connectivity index (χ1v) is 32.2. The van der Waals surface area contributed by atoms with Gasteiger partial charge in [-0.05, 0) is 195 Å². The fourth-order valence-corrected chi connectivity index (χ4v) is 19.9. The van der Waals surface area contributed by atoms with Crippen LogP contribution in [0.5, 0.6) is 0 Å². The van der Waals surface area contributed by atoms with Crippen LogP contribution in [0, 0.1) is 92.7 Å². The summed E-state index contributed by atoms with van der Waals surface area (Å²) < 4.78 is 12.4. The summed E-state index contributed by atoms with van der Waals surface area (Å²) in [5.41, 5.74) is 4.95. The van der Waals surface area contributed by atoms with Crippen molar-refractivity contribution in [1.29, 1.82) is 0 Å². The van der Waals surface area contributed by atoms with Gasteiger partial charge >= 0.3 is 11.9 Å². The van der Waals surface area contributed by atoms with E-state index in [1.54, 1.807) is 11.1 Å². The summed E-state index contributed by atoms with van der Waals surface area (Å²) in [5.74, 6) is 10.4. The summed E-state index contributed by atoms with van der Waals surface area (Å²) in [6.45, 7) is 25.3. The van der Waals surface area contributed by atoms with Crippen molar-refractivity contribution in [3.63, 3.8) is 0 Å². The fraction of sp³-hybridized carbons (Fsp3) is 0.912. The Morgan fingerprint density at radius 3 is 1.21 bits per heavy atom. The molecule has 72 heavy (non-hydrogen) atoms. The Labute approximate surface area is 444 Å². The number of carbonyl (C=O) groups excluding carboxylic acids is 2. The molecule has 4 heteroatoms. The van der Waals surface area contributed by atoms with Crippen molar-refractivity contribution in [2.24, 2.45) is 92.7 Å². The van der Waals surface area contributed by atoms with E-state index in [-0.39, 0.29) is 24.1 Å². The van der Waals surface area contributed by atoms with Crippen LogP contribution in [0.25, 0.3) is 0 Å². The van der Waals surface area contributed by atoms with Gasteiger partial charge in [-0.2, -0.15) is 0 Å². The van der Waals surface area contributed by atoms with Crippen LogP contribution in [0.15, 0.2) is 23.3 Å². The van der Waals surface area contributed by atoms with Gasteiger partial charge < -0.3 is 9.47 Å². The van der Waals surface area contributed by atoms with Gasteiger partial charge in [-0.1, -0.05) is 182 Å². The number of allylic oxidation sites excluding steroid dienone is 2. The number of hydrogen-bond acceptors (Lipinski definition) is 4. The smallest absolute Gasteiger partial charge is 0.306 e. The predicted octanol–water partition coefficient (Wildman–Crippen LogP) is 19.6. The summed E-state index contributed by atoms with van der Waals surface area (Å²) in [7, 11) is 0. The number of rotatable bonds is 25. The highest BCUT2D eigenvalue weighted by Gasteiger charge is 2.61. The molecule has 0 aromatic heterocycles. The molecule has 6 saturated carbocycles. The SMILES string of the molecule is CC(C)CCC[C@@H](C)[C@H]1CC[C@H]2[C@@H]3CC=C4C[C@@H](OC(=O)CCCCCCCCCCCCC(=O)O[C@H]5CC[C@@]6(C)C(=CC[C@H]7[C@@H]8CC[C@H]([C@H](C)CCCC(C)C)[C@@]8(C)CC[C@@H]76)C5)CC[C@]4(C)[C@H]3CC[C@]12C. The molecule has 0 spiro atoms. The van der Waals surface area contributed by atoms with Crippen LogP contribution in [0.3, 0.4) is 0 Å². The Hall–Kier alpha value is -1.58. The van der Waals surface area contributed by atoms with Crippen LogP contribution < -0.4 is 0 Å². The monoisotopic (exact) mass is 995 g/mol. The third-order valence-electron chi connectivity index (χ3n) is 24.1. The van der Waals surface area contributed by atoms with Crippen molar-refractivity contribution in [2.75, 3.05) is 0 Å². The molecule has 0 bridgehead atoms. The minimum atomic E-state index is 0.0392. The molecular formula is C68H114O4. The van der Waals surface area contributed by atoms with E-state index in [4.69, 9.17) is 9.47 Å². The Balaban J connectivity index is 0.643. The average molecular weight is 996 g/mol. The second-order valence-corrected chi connectivity index (χ2v) is 29.3. The molecule has 0 heterocycles. The number of unbranched alkanes of at least 4 members (excludes halogenated alkanes) is 9. The summed E-state index contributed by atoms with van der Waals surface area (Å²) in [6, 6.07) is 0. The van der Waals surface area contributed by atoms with Gasteiger partial charge in [-0.3, -0.25) is 9.59 Å². The summed E-state index contributed by atoms with van der Waals surface area (Å²) in [5, 5.41) is 0. The highest BCUT2D eigenvalue weighted by molar-refractivity contribution is 5.70. The normalized spacial score (nSPS) is 38.9. The molecule has 0 aromatic rings. The molecule has 0 radical (unpaired) electrons. The maximum Gasteiger partial charge on any atom is 0.306 e. The highest BCUT2D eigenvalue weighted by atomic mass is 16.5. The van der Waals surface area contributed by atoms with E-state index in [1.165, 1.54) is 154 Å². The van der Waals surface area contributed by atoms with Crippen LogP contribution in [-0.2, 0) is 19.1 Å². The van der Waals surface area contributed by atoms with Gasteiger partial charge in [0.05, 0.1) is 0 Å². The molecule has 8 aliphatic rings. The van der Waals surface area contributed by atoms with Gasteiger partial charge in [0.2, 0.25) is 0 Å². The van der Waals surface area contributed by atoms with E-state index in [2.05, 4.69) is 81.4 Å². The van der Waals surface area contributed by atoms with Crippen LogP contribution >= 0.6 is 0 Å². The first-order chi connectivity index (χ1) is 34.5. The molecule has 0 aliphatic heterocycles. The lowest BCUT2D eigenvalue weighted by atomic mass is 9.47. The molecule has 6 fully saturated rings. The molecule has 4 nitrogen and oxygen atoms in total. The van der Waals surface area contributed by atoms with Crippen LogP contribution in [-0.4, -0.2) is 24.1 Å². The molecule has 0 amide bonds. The van der Waals surface area contributed by atoms with Crippen molar-refractivity contribution in [3.05, 3.63) is 23.3 Å². The lowest BCUT2D eigenvalue weighted by molar-refractivity contribution is -0.152. The quantitative estimate of drug-likeness (QED) is 0.0520. The number of fused-ring (bicyclic) bond motifs is 10. The minimum absolute atomic E-state index is 0.0392. The number of hydrogen-bond donors (Lipinski definition) is 0. The van der Waals surface area contributed by atoms with Crippen molar-refractivity contribution in [2.45, 2.75) is 300 Å². The average Bonchev–Trinajstić information content (AvgIpc) is 3.89. The van der Waals surface area contributed by atoms with E-state index >= 15 is 0 Å². The van der Waals surface area contributed by atoms with Gasteiger partial charge in [0.15, 0.2) is 0 Å². The zero-order chi connectivity index (χ0) is 51.3. The molecule has 16 atom stereocenters. The predicted molar refractivity (Wildman–Crippen MR) is 301 cm³/mol. The van der Waals surface area contributed by atoms with E-state index in [0.29, 0.717) is 34.5 Å². The molecule has 8 rings (SSSR count). The van der Waals surface area contributed by atoms with E-state index in [1.807, 2.05) is 0 Å². The largest absolute Gasteiger partial charge is 0.462 e. The second-order valence-electron chi connectivity index (χ2n) is 29.3. The van der Waals surface area contributed by atoms with Crippen LogP contribution in [0.2, 0.25) is 0 Å². The van der Waals surface area contributed by atoms with E-state index < -0.39 is 0 Å². The topological polar surface area (TPSA) is 52.6 Å². The standard InChI is InChI=1S/C68H114O4/c1-47(2)23-21-25-49(5)57-33-35-59-55-31-29-51-45-53(37-41-65(51,7)61(55)39-43-67(57,59)9)71-63(69)27-19-17-15-13-11-12-14-16-18-20-28-64(70)72-54-38-42-66(8)52(46-54)30-32-56-60-36-34-58(50(6)26-22-24-48(3)4)68(60,10)44-40-62(56)66/h29-30,47-50,53-62H,11-28,31-46H2,1-10H3/t49-,50-,53+,54+,55+,56+,57-,58-,59+,60+,61+,62+,65+,66+,67-,68-/m1/s1. The molecule has 0 aromatic carbocycles. The zero-order valence-corrected chi connectivity index (χ0v) is 48.9.